The predicted molar refractivity (Wildman–Crippen MR) is 107 cm³/mol. The van der Waals surface area contributed by atoms with Gasteiger partial charge in [0.2, 0.25) is 0 Å². The van der Waals surface area contributed by atoms with Gasteiger partial charge in [0.1, 0.15) is 5.75 Å². The average molecular weight is 405 g/mol. The van der Waals surface area contributed by atoms with Crippen LogP contribution in [0.2, 0.25) is 10.0 Å². The Hall–Kier alpha value is -2.37. The molecular weight excluding hydrogens is 387 g/mol. The number of fused-ring (bicyclic) bond motifs is 1. The number of hydrogen-bond acceptors (Lipinski definition) is 4. The van der Waals surface area contributed by atoms with Crippen molar-refractivity contribution in [1.29, 1.82) is 0 Å². The summed E-state index contributed by atoms with van der Waals surface area (Å²) in [5.74, 6) is -0.405. The lowest BCUT2D eigenvalue weighted by Gasteiger charge is -2.11. The Morgan fingerprint density at radius 3 is 2.52 bits per heavy atom. The lowest BCUT2D eigenvalue weighted by Crippen LogP contribution is -2.27. The van der Waals surface area contributed by atoms with Gasteiger partial charge in [0, 0.05) is 18.0 Å². The maximum atomic E-state index is 12.7. The molecule has 0 amide bonds. The van der Waals surface area contributed by atoms with Gasteiger partial charge in [-0.15, -0.1) is 0 Å². The number of rotatable bonds is 6. The van der Waals surface area contributed by atoms with E-state index in [1.54, 1.807) is 36.4 Å². The van der Waals surface area contributed by atoms with E-state index in [1.807, 2.05) is 0 Å². The molecular formula is C20H18Cl2N2O3. The van der Waals surface area contributed by atoms with Crippen LogP contribution in [-0.4, -0.2) is 15.7 Å². The molecule has 0 fully saturated rings. The van der Waals surface area contributed by atoms with Crippen LogP contribution in [0.5, 0.6) is 5.75 Å². The van der Waals surface area contributed by atoms with E-state index < -0.39 is 5.97 Å². The molecule has 3 aromatic rings. The van der Waals surface area contributed by atoms with Crippen LogP contribution in [0, 0.1) is 0 Å². The zero-order valence-corrected chi connectivity index (χ0v) is 16.3. The molecule has 0 spiro atoms. The van der Waals surface area contributed by atoms with E-state index in [-0.39, 0.29) is 22.0 Å². The Labute approximate surface area is 166 Å². The standard InChI is InChI=1S/C20H18Cl2N2O3/c1-2-3-6-11-24-19(25)15-8-5-4-7-14(15)18(23-24)20(26)27-13-9-10-16(21)17(22)12-13/h4-5,7-10,12H,2-3,6,11H2,1H3. The van der Waals surface area contributed by atoms with Crippen LogP contribution in [0.15, 0.2) is 47.3 Å². The first-order valence-corrected chi connectivity index (χ1v) is 9.44. The number of esters is 1. The Morgan fingerprint density at radius 2 is 1.81 bits per heavy atom. The third kappa shape index (κ3) is 4.31. The summed E-state index contributed by atoms with van der Waals surface area (Å²) in [7, 11) is 0. The molecule has 0 aliphatic heterocycles. The number of benzene rings is 2. The van der Waals surface area contributed by atoms with Gasteiger partial charge in [-0.2, -0.15) is 5.10 Å². The highest BCUT2D eigenvalue weighted by atomic mass is 35.5. The molecule has 27 heavy (non-hydrogen) atoms. The second-order valence-corrected chi connectivity index (χ2v) is 6.91. The fourth-order valence-electron chi connectivity index (χ4n) is 2.74. The zero-order chi connectivity index (χ0) is 19.4. The monoisotopic (exact) mass is 404 g/mol. The van der Waals surface area contributed by atoms with Gasteiger partial charge in [-0.25, -0.2) is 9.48 Å². The summed E-state index contributed by atoms with van der Waals surface area (Å²) in [6, 6.07) is 11.4. The molecule has 0 saturated carbocycles. The highest BCUT2D eigenvalue weighted by Gasteiger charge is 2.19. The van der Waals surface area contributed by atoms with Gasteiger partial charge in [-0.05, 0) is 24.6 Å². The fourth-order valence-corrected chi connectivity index (χ4v) is 3.03. The van der Waals surface area contributed by atoms with Crippen LogP contribution in [-0.2, 0) is 6.54 Å². The number of carbonyl (C=O) groups excluding carboxylic acids is 1. The minimum absolute atomic E-state index is 0.0905. The molecule has 0 saturated heterocycles. The number of halogens is 2. The lowest BCUT2D eigenvalue weighted by atomic mass is 10.1. The number of carbonyl (C=O) groups is 1. The van der Waals surface area contributed by atoms with Crippen molar-refractivity contribution in [3.8, 4) is 5.75 Å². The van der Waals surface area contributed by atoms with E-state index in [2.05, 4.69) is 12.0 Å². The van der Waals surface area contributed by atoms with Gasteiger partial charge >= 0.3 is 5.97 Å². The molecule has 2 aromatic carbocycles. The van der Waals surface area contributed by atoms with Gasteiger partial charge < -0.3 is 4.74 Å². The Kier molecular flexibility index (Phi) is 6.14. The van der Waals surface area contributed by atoms with Crippen molar-refractivity contribution in [2.24, 2.45) is 0 Å². The Morgan fingerprint density at radius 1 is 1.07 bits per heavy atom. The number of nitrogens with zero attached hydrogens (tertiary/aromatic N) is 2. The second kappa shape index (κ2) is 8.55. The molecule has 3 rings (SSSR count). The van der Waals surface area contributed by atoms with Crippen LogP contribution < -0.4 is 10.3 Å². The van der Waals surface area contributed by atoms with Gasteiger partial charge in [0.25, 0.3) is 5.56 Å². The Bertz CT molecular complexity index is 1050. The minimum Gasteiger partial charge on any atom is -0.422 e. The predicted octanol–water partition coefficient (Wildman–Crippen LogP) is 5.11. The number of ether oxygens (including phenoxy) is 1. The maximum Gasteiger partial charge on any atom is 0.364 e. The van der Waals surface area contributed by atoms with E-state index in [0.29, 0.717) is 22.3 Å². The number of aryl methyl sites for hydroxylation is 1. The number of hydrogen-bond donors (Lipinski definition) is 0. The first-order valence-electron chi connectivity index (χ1n) is 8.68. The van der Waals surface area contributed by atoms with Crippen molar-refractivity contribution >= 4 is 39.9 Å². The van der Waals surface area contributed by atoms with Gasteiger partial charge in [-0.1, -0.05) is 61.2 Å². The van der Waals surface area contributed by atoms with Crippen molar-refractivity contribution in [2.75, 3.05) is 0 Å². The smallest absolute Gasteiger partial charge is 0.364 e. The van der Waals surface area contributed by atoms with Gasteiger partial charge in [-0.3, -0.25) is 4.79 Å². The average Bonchev–Trinajstić information content (AvgIpc) is 2.66. The molecule has 0 N–H and O–H groups in total. The van der Waals surface area contributed by atoms with Crippen LogP contribution in [0.4, 0.5) is 0 Å². The van der Waals surface area contributed by atoms with E-state index in [9.17, 15) is 9.59 Å². The van der Waals surface area contributed by atoms with Crippen LogP contribution in [0.25, 0.3) is 10.8 Å². The molecule has 0 bridgehead atoms. The van der Waals surface area contributed by atoms with Crippen molar-refractivity contribution in [3.05, 3.63) is 68.6 Å². The maximum absolute atomic E-state index is 12.7. The minimum atomic E-state index is -0.658. The molecule has 140 valence electrons. The van der Waals surface area contributed by atoms with Crippen molar-refractivity contribution < 1.29 is 9.53 Å². The third-order valence-corrected chi connectivity index (χ3v) is 4.88. The summed E-state index contributed by atoms with van der Waals surface area (Å²) in [4.78, 5) is 25.4. The quantitative estimate of drug-likeness (QED) is 0.325. The van der Waals surface area contributed by atoms with E-state index in [1.165, 1.54) is 10.7 Å². The molecule has 1 aromatic heterocycles. The van der Waals surface area contributed by atoms with E-state index in [4.69, 9.17) is 27.9 Å². The summed E-state index contributed by atoms with van der Waals surface area (Å²) >= 11 is 11.9. The second-order valence-electron chi connectivity index (χ2n) is 6.10. The van der Waals surface area contributed by atoms with Crippen LogP contribution >= 0.6 is 23.2 Å². The highest BCUT2D eigenvalue weighted by molar-refractivity contribution is 6.42. The molecule has 7 heteroatoms. The first-order chi connectivity index (χ1) is 13.0. The highest BCUT2D eigenvalue weighted by Crippen LogP contribution is 2.27. The fraction of sp³-hybridized carbons (Fsp3) is 0.250. The molecule has 1 heterocycles. The Balaban J connectivity index is 2.00. The normalized spacial score (nSPS) is 10.9. The van der Waals surface area contributed by atoms with Crippen molar-refractivity contribution in [1.82, 2.24) is 9.78 Å². The van der Waals surface area contributed by atoms with Crippen molar-refractivity contribution in [3.63, 3.8) is 0 Å². The van der Waals surface area contributed by atoms with Crippen molar-refractivity contribution in [2.45, 2.75) is 32.7 Å². The summed E-state index contributed by atoms with van der Waals surface area (Å²) < 4.78 is 6.74. The molecule has 0 atom stereocenters. The largest absolute Gasteiger partial charge is 0.422 e. The summed E-state index contributed by atoms with van der Waals surface area (Å²) in [6.07, 6.45) is 2.81. The lowest BCUT2D eigenvalue weighted by molar-refractivity contribution is 0.0728. The molecule has 0 unspecified atom stereocenters. The third-order valence-electron chi connectivity index (χ3n) is 4.14. The zero-order valence-electron chi connectivity index (χ0n) is 14.7. The number of aromatic nitrogens is 2. The molecule has 5 nitrogen and oxygen atoms in total. The first kappa shape index (κ1) is 19.4. The topological polar surface area (TPSA) is 61.2 Å². The molecule has 0 aliphatic rings. The van der Waals surface area contributed by atoms with E-state index in [0.717, 1.165) is 19.3 Å². The van der Waals surface area contributed by atoms with Gasteiger partial charge in [0.05, 0.1) is 15.4 Å². The SMILES string of the molecule is CCCCCn1nc(C(=O)Oc2ccc(Cl)c(Cl)c2)c2ccccc2c1=O. The summed E-state index contributed by atoms with van der Waals surface area (Å²) in [5.41, 5.74) is -0.124. The molecule has 0 radical (unpaired) electrons. The summed E-state index contributed by atoms with van der Waals surface area (Å²) in [6.45, 7) is 2.53. The van der Waals surface area contributed by atoms with Crippen LogP contribution in [0.1, 0.15) is 36.7 Å². The van der Waals surface area contributed by atoms with Crippen LogP contribution in [0.3, 0.4) is 0 Å². The number of unbranched alkanes of at least 4 members (excludes halogenated alkanes) is 2. The van der Waals surface area contributed by atoms with Gasteiger partial charge in [0.15, 0.2) is 5.69 Å². The summed E-state index contributed by atoms with van der Waals surface area (Å²) in [5, 5.41) is 5.82. The molecule has 0 aliphatic carbocycles. The van der Waals surface area contributed by atoms with E-state index >= 15 is 0 Å².